The standard InChI is InChI=1S/C11H20O4/c1-9(12)14-7-10-5-3-4-6-11(10)15-8-13-2/h10-11H,3-8H2,1-2H3/t10-,11+/m0/s1. The highest BCUT2D eigenvalue weighted by atomic mass is 16.7. The van der Waals surface area contributed by atoms with Gasteiger partial charge < -0.3 is 14.2 Å². The Balaban J connectivity index is 2.32. The summed E-state index contributed by atoms with van der Waals surface area (Å²) in [6.45, 7) is 2.23. The van der Waals surface area contributed by atoms with E-state index in [1.54, 1.807) is 7.11 Å². The highest BCUT2D eigenvalue weighted by molar-refractivity contribution is 5.65. The van der Waals surface area contributed by atoms with Gasteiger partial charge in [0.2, 0.25) is 0 Å². The third-order valence-corrected chi connectivity index (χ3v) is 2.74. The van der Waals surface area contributed by atoms with Crippen LogP contribution >= 0.6 is 0 Å². The average Bonchev–Trinajstić information content (AvgIpc) is 2.24. The van der Waals surface area contributed by atoms with E-state index in [-0.39, 0.29) is 12.1 Å². The summed E-state index contributed by atoms with van der Waals surface area (Å²) in [5, 5.41) is 0. The second kappa shape index (κ2) is 6.80. The first kappa shape index (κ1) is 12.5. The Morgan fingerprint density at radius 1 is 1.33 bits per heavy atom. The van der Waals surface area contributed by atoms with Gasteiger partial charge >= 0.3 is 5.97 Å². The lowest BCUT2D eigenvalue weighted by molar-refractivity contribution is -0.148. The second-order valence-electron chi connectivity index (χ2n) is 3.96. The zero-order chi connectivity index (χ0) is 11.1. The summed E-state index contributed by atoms with van der Waals surface area (Å²) in [6, 6.07) is 0. The van der Waals surface area contributed by atoms with Gasteiger partial charge in [-0.1, -0.05) is 12.8 Å². The van der Waals surface area contributed by atoms with Crippen molar-refractivity contribution >= 4 is 5.97 Å². The third kappa shape index (κ3) is 4.62. The zero-order valence-corrected chi connectivity index (χ0v) is 9.53. The molecule has 0 N–H and O–H groups in total. The number of hydrogen-bond acceptors (Lipinski definition) is 4. The molecule has 0 heterocycles. The van der Waals surface area contributed by atoms with Crippen molar-refractivity contribution in [2.75, 3.05) is 20.5 Å². The molecule has 0 amide bonds. The maximum atomic E-state index is 10.7. The molecule has 4 nitrogen and oxygen atoms in total. The molecule has 1 saturated carbocycles. The first-order valence-electron chi connectivity index (χ1n) is 5.48. The lowest BCUT2D eigenvalue weighted by Crippen LogP contribution is -2.32. The Morgan fingerprint density at radius 2 is 2.07 bits per heavy atom. The minimum atomic E-state index is -0.217. The largest absolute Gasteiger partial charge is 0.465 e. The maximum absolute atomic E-state index is 10.7. The molecule has 15 heavy (non-hydrogen) atoms. The van der Waals surface area contributed by atoms with Gasteiger partial charge in [-0.05, 0) is 12.8 Å². The Kier molecular flexibility index (Phi) is 5.65. The topological polar surface area (TPSA) is 44.8 Å². The molecule has 0 spiro atoms. The summed E-state index contributed by atoms with van der Waals surface area (Å²) in [5.41, 5.74) is 0. The molecule has 1 aliphatic carbocycles. The summed E-state index contributed by atoms with van der Waals surface area (Å²) in [5.74, 6) is 0.115. The van der Waals surface area contributed by atoms with Crippen LogP contribution in [0.1, 0.15) is 32.6 Å². The molecule has 4 heteroatoms. The number of ether oxygens (including phenoxy) is 3. The van der Waals surface area contributed by atoms with Crippen molar-refractivity contribution in [2.45, 2.75) is 38.7 Å². The number of esters is 1. The molecule has 2 atom stereocenters. The number of carbonyl (C=O) groups excluding carboxylic acids is 1. The van der Waals surface area contributed by atoms with Crippen LogP contribution in [0.15, 0.2) is 0 Å². The molecular weight excluding hydrogens is 196 g/mol. The van der Waals surface area contributed by atoms with Crippen LogP contribution < -0.4 is 0 Å². The van der Waals surface area contributed by atoms with Gasteiger partial charge in [0.05, 0.1) is 12.7 Å². The van der Waals surface area contributed by atoms with E-state index in [4.69, 9.17) is 14.2 Å². The first-order chi connectivity index (χ1) is 7.24. The molecule has 0 aromatic carbocycles. The predicted molar refractivity (Wildman–Crippen MR) is 55.3 cm³/mol. The van der Waals surface area contributed by atoms with Gasteiger partial charge in [0.15, 0.2) is 0 Å². The summed E-state index contributed by atoms with van der Waals surface area (Å²) in [4.78, 5) is 10.7. The van der Waals surface area contributed by atoms with Crippen LogP contribution in [0.3, 0.4) is 0 Å². The Labute approximate surface area is 90.9 Å². The number of rotatable bonds is 5. The van der Waals surface area contributed by atoms with Crippen LogP contribution in [0.4, 0.5) is 0 Å². The molecule has 0 saturated heterocycles. The van der Waals surface area contributed by atoms with Gasteiger partial charge in [-0.3, -0.25) is 4.79 Å². The SMILES string of the molecule is COCO[C@@H]1CCCC[C@H]1COC(C)=O. The summed E-state index contributed by atoms with van der Waals surface area (Å²) in [7, 11) is 1.61. The molecule has 1 aliphatic rings. The molecule has 1 rings (SSSR count). The van der Waals surface area contributed by atoms with Gasteiger partial charge in [-0.25, -0.2) is 0 Å². The Hall–Kier alpha value is -0.610. The van der Waals surface area contributed by atoms with E-state index < -0.39 is 0 Å². The lowest BCUT2D eigenvalue weighted by atomic mass is 9.87. The highest BCUT2D eigenvalue weighted by Crippen LogP contribution is 2.27. The van der Waals surface area contributed by atoms with E-state index >= 15 is 0 Å². The Bertz CT molecular complexity index is 193. The average molecular weight is 216 g/mol. The molecule has 0 aromatic rings. The van der Waals surface area contributed by atoms with Gasteiger partial charge in [0.1, 0.15) is 6.79 Å². The predicted octanol–water partition coefficient (Wildman–Crippen LogP) is 1.73. The fraction of sp³-hybridized carbons (Fsp3) is 0.909. The fourth-order valence-corrected chi connectivity index (χ4v) is 1.96. The molecule has 0 radical (unpaired) electrons. The normalized spacial score (nSPS) is 26.3. The van der Waals surface area contributed by atoms with Crippen LogP contribution in [0.25, 0.3) is 0 Å². The lowest BCUT2D eigenvalue weighted by Gasteiger charge is -2.30. The van der Waals surface area contributed by atoms with E-state index in [1.165, 1.54) is 19.8 Å². The number of carbonyl (C=O) groups is 1. The third-order valence-electron chi connectivity index (χ3n) is 2.74. The smallest absolute Gasteiger partial charge is 0.302 e. The second-order valence-corrected chi connectivity index (χ2v) is 3.96. The highest BCUT2D eigenvalue weighted by Gasteiger charge is 2.26. The van der Waals surface area contributed by atoms with Crippen molar-refractivity contribution in [1.82, 2.24) is 0 Å². The molecule has 1 fully saturated rings. The van der Waals surface area contributed by atoms with E-state index in [0.29, 0.717) is 19.3 Å². The van der Waals surface area contributed by atoms with E-state index in [9.17, 15) is 4.79 Å². The van der Waals surface area contributed by atoms with Crippen LogP contribution in [0, 0.1) is 5.92 Å². The maximum Gasteiger partial charge on any atom is 0.302 e. The molecular formula is C11H20O4. The van der Waals surface area contributed by atoms with Gasteiger partial charge in [-0.2, -0.15) is 0 Å². The molecule has 0 bridgehead atoms. The monoisotopic (exact) mass is 216 g/mol. The van der Waals surface area contributed by atoms with Crippen LogP contribution in [0.2, 0.25) is 0 Å². The van der Waals surface area contributed by atoms with Crippen molar-refractivity contribution in [3.8, 4) is 0 Å². The van der Waals surface area contributed by atoms with Gasteiger partial charge in [0.25, 0.3) is 0 Å². The van der Waals surface area contributed by atoms with E-state index in [2.05, 4.69) is 0 Å². The molecule has 88 valence electrons. The fourth-order valence-electron chi connectivity index (χ4n) is 1.96. The van der Waals surface area contributed by atoms with E-state index in [1.807, 2.05) is 0 Å². The van der Waals surface area contributed by atoms with Crippen molar-refractivity contribution in [2.24, 2.45) is 5.92 Å². The number of methoxy groups -OCH3 is 1. The van der Waals surface area contributed by atoms with Crippen molar-refractivity contribution in [1.29, 1.82) is 0 Å². The zero-order valence-electron chi connectivity index (χ0n) is 9.53. The molecule has 0 aliphatic heterocycles. The van der Waals surface area contributed by atoms with E-state index in [0.717, 1.165) is 12.8 Å². The minimum absolute atomic E-state index is 0.179. The molecule has 0 aromatic heterocycles. The Morgan fingerprint density at radius 3 is 2.73 bits per heavy atom. The molecule has 0 unspecified atom stereocenters. The van der Waals surface area contributed by atoms with Crippen molar-refractivity contribution in [3.63, 3.8) is 0 Å². The van der Waals surface area contributed by atoms with Crippen LogP contribution in [0.5, 0.6) is 0 Å². The quantitative estimate of drug-likeness (QED) is 0.518. The minimum Gasteiger partial charge on any atom is -0.465 e. The van der Waals surface area contributed by atoms with Gasteiger partial charge in [-0.15, -0.1) is 0 Å². The first-order valence-corrected chi connectivity index (χ1v) is 5.48. The summed E-state index contributed by atoms with van der Waals surface area (Å²) in [6.07, 6.45) is 4.67. The van der Waals surface area contributed by atoms with Crippen LogP contribution in [-0.2, 0) is 19.0 Å². The summed E-state index contributed by atoms with van der Waals surface area (Å²) < 4.78 is 15.5. The number of hydrogen-bond donors (Lipinski definition) is 0. The van der Waals surface area contributed by atoms with Gasteiger partial charge in [0, 0.05) is 20.0 Å². The summed E-state index contributed by atoms with van der Waals surface area (Å²) >= 11 is 0. The van der Waals surface area contributed by atoms with Crippen molar-refractivity contribution < 1.29 is 19.0 Å². The van der Waals surface area contributed by atoms with Crippen molar-refractivity contribution in [3.05, 3.63) is 0 Å². The van der Waals surface area contributed by atoms with Crippen LogP contribution in [-0.4, -0.2) is 32.6 Å².